The Bertz CT molecular complexity index is 1350. The largest absolute Gasteiger partial charge is 0.479 e. The highest BCUT2D eigenvalue weighted by Crippen LogP contribution is 2.33. The van der Waals surface area contributed by atoms with E-state index in [0.29, 0.717) is 39.1 Å². The van der Waals surface area contributed by atoms with Crippen molar-refractivity contribution in [3.63, 3.8) is 0 Å². The van der Waals surface area contributed by atoms with Crippen molar-refractivity contribution in [2.45, 2.75) is 52.1 Å². The molecule has 0 amide bonds. The lowest BCUT2D eigenvalue weighted by Crippen LogP contribution is -2.16. The zero-order valence-corrected chi connectivity index (χ0v) is 22.9. The van der Waals surface area contributed by atoms with Gasteiger partial charge in [0.25, 0.3) is 0 Å². The average molecular weight is 522 g/mol. The second-order valence-electron chi connectivity index (χ2n) is 10.5. The van der Waals surface area contributed by atoms with Gasteiger partial charge in [-0.2, -0.15) is 0 Å². The van der Waals surface area contributed by atoms with Crippen molar-refractivity contribution in [1.82, 2.24) is 0 Å². The van der Waals surface area contributed by atoms with Crippen molar-refractivity contribution >= 4 is 17.7 Å². The predicted octanol–water partition coefficient (Wildman–Crippen LogP) is 6.01. The third-order valence-corrected chi connectivity index (χ3v) is 8.13. The van der Waals surface area contributed by atoms with Gasteiger partial charge in [0.05, 0.1) is 6.54 Å². The van der Waals surface area contributed by atoms with Gasteiger partial charge < -0.3 is 14.2 Å². The highest BCUT2D eigenvalue weighted by atomic mass is 16.5. The molecule has 3 aliphatic heterocycles. The fraction of sp³-hybridized carbons (Fsp3) is 0.364. The first-order valence-electron chi connectivity index (χ1n) is 13.8. The summed E-state index contributed by atoms with van der Waals surface area (Å²) < 4.78 is 18.1. The zero-order valence-electron chi connectivity index (χ0n) is 22.9. The van der Waals surface area contributed by atoms with Crippen LogP contribution in [0, 0.1) is 20.8 Å². The van der Waals surface area contributed by atoms with E-state index >= 15 is 0 Å². The van der Waals surface area contributed by atoms with Gasteiger partial charge in [-0.1, -0.05) is 60.7 Å². The summed E-state index contributed by atoms with van der Waals surface area (Å²) in [4.78, 5) is 14.5. The van der Waals surface area contributed by atoms with Gasteiger partial charge in [-0.05, 0) is 65.3 Å². The van der Waals surface area contributed by atoms with Gasteiger partial charge in [-0.25, -0.2) is 9.98 Å². The van der Waals surface area contributed by atoms with Crippen LogP contribution < -0.4 is 0 Å². The first-order chi connectivity index (χ1) is 19.1. The molecule has 6 heteroatoms. The lowest BCUT2D eigenvalue weighted by atomic mass is 9.84. The zero-order chi connectivity index (χ0) is 26.8. The summed E-state index contributed by atoms with van der Waals surface area (Å²) >= 11 is 0. The number of benzene rings is 3. The van der Waals surface area contributed by atoms with E-state index in [2.05, 4.69) is 74.3 Å². The van der Waals surface area contributed by atoms with E-state index in [1.165, 1.54) is 44.5 Å². The van der Waals surface area contributed by atoms with Gasteiger partial charge >= 0.3 is 0 Å². The summed E-state index contributed by atoms with van der Waals surface area (Å²) in [6.07, 6.45) is 2.01. The van der Waals surface area contributed by atoms with Crippen LogP contribution in [0.2, 0.25) is 0 Å². The topological polar surface area (TPSA) is 64.8 Å². The van der Waals surface area contributed by atoms with Crippen molar-refractivity contribution in [3.05, 3.63) is 105 Å². The molecule has 2 atom stereocenters. The Morgan fingerprint density at radius 1 is 0.590 bits per heavy atom. The normalized spacial score (nSPS) is 20.1. The molecule has 0 N–H and O–H groups in total. The number of rotatable bonds is 8. The van der Waals surface area contributed by atoms with E-state index in [1.807, 2.05) is 12.1 Å². The maximum atomic E-state index is 6.13. The number of ether oxygens (including phenoxy) is 3. The Morgan fingerprint density at radius 3 is 1.44 bits per heavy atom. The maximum Gasteiger partial charge on any atom is 0.188 e. The van der Waals surface area contributed by atoms with Gasteiger partial charge in [0, 0.05) is 19.3 Å². The minimum atomic E-state index is 0.0450. The van der Waals surface area contributed by atoms with Crippen molar-refractivity contribution in [3.8, 4) is 0 Å². The molecule has 0 saturated heterocycles. The molecule has 0 aromatic heterocycles. The summed E-state index contributed by atoms with van der Waals surface area (Å²) in [5, 5.41) is 0. The molecular formula is C33H35N3O3. The van der Waals surface area contributed by atoms with E-state index in [4.69, 9.17) is 24.2 Å². The Morgan fingerprint density at radius 2 is 1.03 bits per heavy atom. The van der Waals surface area contributed by atoms with Crippen LogP contribution in [0.3, 0.4) is 0 Å². The van der Waals surface area contributed by atoms with Crippen LogP contribution in [0.1, 0.15) is 56.6 Å². The summed E-state index contributed by atoms with van der Waals surface area (Å²) in [6.45, 7) is 9.20. The Hall–Kier alpha value is -3.93. The van der Waals surface area contributed by atoms with Gasteiger partial charge in [0.2, 0.25) is 0 Å². The second kappa shape index (κ2) is 11.0. The van der Waals surface area contributed by atoms with Crippen LogP contribution in [-0.2, 0) is 33.5 Å². The number of nitrogens with zero attached hydrogens (tertiary/aromatic N) is 3. The minimum Gasteiger partial charge on any atom is -0.479 e. The van der Waals surface area contributed by atoms with E-state index in [-0.39, 0.29) is 12.1 Å². The van der Waals surface area contributed by atoms with Crippen LogP contribution in [-0.4, -0.2) is 44.1 Å². The number of aliphatic imine (C=N–C) groups is 3. The standard InChI is InChI=1S/C33H35N3O3/c1-21-26(16-31-34-14-15-37-31)22(2)28(18-33-36-30(20-39-33)25-12-8-5-9-13-25)23(3)27(21)17-32-35-29(19-38-32)24-10-6-4-7-11-24/h4-13,29-30H,14-20H2,1-3H3/t29-,30-/m1/s1. The van der Waals surface area contributed by atoms with Crippen LogP contribution >= 0.6 is 0 Å². The van der Waals surface area contributed by atoms with Crippen LogP contribution in [0.4, 0.5) is 0 Å². The quantitative estimate of drug-likeness (QED) is 0.365. The van der Waals surface area contributed by atoms with E-state index in [1.54, 1.807) is 0 Å². The van der Waals surface area contributed by atoms with Gasteiger partial charge in [0.15, 0.2) is 17.7 Å². The highest BCUT2D eigenvalue weighted by Gasteiger charge is 2.27. The monoisotopic (exact) mass is 521 g/mol. The molecule has 0 radical (unpaired) electrons. The fourth-order valence-corrected chi connectivity index (χ4v) is 5.86. The van der Waals surface area contributed by atoms with Crippen molar-refractivity contribution in [2.75, 3.05) is 26.4 Å². The highest BCUT2D eigenvalue weighted by molar-refractivity contribution is 5.85. The molecule has 3 aromatic carbocycles. The Balaban J connectivity index is 1.33. The molecule has 0 fully saturated rings. The van der Waals surface area contributed by atoms with Crippen LogP contribution in [0.15, 0.2) is 75.6 Å². The summed E-state index contributed by atoms with van der Waals surface area (Å²) in [6, 6.07) is 20.8. The van der Waals surface area contributed by atoms with Crippen LogP contribution in [0.25, 0.3) is 0 Å². The molecule has 3 heterocycles. The molecule has 0 bridgehead atoms. The van der Waals surface area contributed by atoms with Gasteiger partial charge in [-0.3, -0.25) is 4.99 Å². The minimum absolute atomic E-state index is 0.0450. The van der Waals surface area contributed by atoms with Crippen molar-refractivity contribution < 1.29 is 14.2 Å². The molecule has 39 heavy (non-hydrogen) atoms. The third-order valence-electron chi connectivity index (χ3n) is 8.13. The number of hydrogen-bond acceptors (Lipinski definition) is 6. The van der Waals surface area contributed by atoms with Crippen LogP contribution in [0.5, 0.6) is 0 Å². The average Bonchev–Trinajstić information content (AvgIpc) is 3.75. The molecular weight excluding hydrogens is 486 g/mol. The van der Waals surface area contributed by atoms with E-state index in [0.717, 1.165) is 24.2 Å². The van der Waals surface area contributed by atoms with Gasteiger partial charge in [-0.15, -0.1) is 0 Å². The molecule has 0 unspecified atom stereocenters. The molecule has 0 aliphatic carbocycles. The SMILES string of the molecule is Cc1c(CC2=NCCO2)c(C)c(CC2=N[C@@H](c3ccccc3)CO2)c(C)c1CC1=N[C@@H](c2ccccc2)CO1. The summed E-state index contributed by atoms with van der Waals surface area (Å²) in [7, 11) is 0. The first kappa shape index (κ1) is 25.4. The molecule has 200 valence electrons. The lowest BCUT2D eigenvalue weighted by molar-refractivity contribution is 0.313. The molecule has 6 rings (SSSR count). The molecule has 6 nitrogen and oxygen atoms in total. The van der Waals surface area contributed by atoms with E-state index < -0.39 is 0 Å². The second-order valence-corrected chi connectivity index (χ2v) is 10.5. The molecule has 0 saturated carbocycles. The number of hydrogen-bond donors (Lipinski definition) is 0. The molecule has 0 spiro atoms. The molecule has 3 aliphatic rings. The predicted molar refractivity (Wildman–Crippen MR) is 155 cm³/mol. The van der Waals surface area contributed by atoms with Gasteiger partial charge in [0.1, 0.15) is 31.9 Å². The van der Waals surface area contributed by atoms with E-state index in [9.17, 15) is 0 Å². The summed E-state index contributed by atoms with van der Waals surface area (Å²) in [5.41, 5.74) is 9.94. The Labute approximate surface area is 230 Å². The Kier molecular flexibility index (Phi) is 7.18. The molecule has 3 aromatic rings. The summed E-state index contributed by atoms with van der Waals surface area (Å²) in [5.74, 6) is 2.41. The van der Waals surface area contributed by atoms with Crippen molar-refractivity contribution in [1.29, 1.82) is 0 Å². The smallest absolute Gasteiger partial charge is 0.188 e. The van der Waals surface area contributed by atoms with Crippen molar-refractivity contribution in [2.24, 2.45) is 15.0 Å². The lowest BCUT2D eigenvalue weighted by Gasteiger charge is -2.22. The third kappa shape index (κ3) is 5.33. The first-order valence-corrected chi connectivity index (χ1v) is 13.8. The maximum absolute atomic E-state index is 6.13. The fourth-order valence-electron chi connectivity index (χ4n) is 5.86.